The molecule has 1 N–H and O–H groups in total. The number of rotatable bonds is 0. The Morgan fingerprint density at radius 3 is 2.96 bits per heavy atom. The first kappa shape index (κ1) is 13.4. The van der Waals surface area contributed by atoms with E-state index in [9.17, 15) is 9.59 Å². The number of ketones is 1. The smallest absolute Gasteiger partial charge is 0.239 e. The summed E-state index contributed by atoms with van der Waals surface area (Å²) in [5.74, 6) is 0.0301. The number of hydrogen-bond donors (Lipinski definition) is 1. The Kier molecular flexibility index (Phi) is 2.04. The Hall–Kier alpha value is -1.94. The van der Waals surface area contributed by atoms with Gasteiger partial charge in [-0.1, -0.05) is 37.3 Å². The van der Waals surface area contributed by atoms with Gasteiger partial charge in [0.1, 0.15) is 5.41 Å². The van der Waals surface area contributed by atoms with E-state index in [0.717, 1.165) is 25.2 Å². The number of Topliss-reactive ketones (excluding diaryl/α,β-unsaturated/α-hetero) is 1. The minimum atomic E-state index is -0.880. The molecule has 2 aliphatic carbocycles. The van der Waals surface area contributed by atoms with Gasteiger partial charge < -0.3 is 5.32 Å². The summed E-state index contributed by atoms with van der Waals surface area (Å²) in [4.78, 5) is 29.3. The monoisotopic (exact) mass is 320 g/mol. The van der Waals surface area contributed by atoms with E-state index >= 15 is 0 Å². The largest absolute Gasteiger partial charge is 0.325 e. The standard InChI is InChI=1S/C20H20N2O2/c1-12-15(23)20-11-18(12)7-4-9-22-10-8-19(20,16(18)22)13-5-2-3-6-14(13)21-17(20)24/h2-7,12,16H,8-11H2,1H3,(H,21,24)/t12-,16-,18-,19+,20-/m0/s1. The molecule has 5 aliphatic rings. The highest BCUT2D eigenvalue weighted by Crippen LogP contribution is 2.77. The molecule has 3 fully saturated rings. The summed E-state index contributed by atoms with van der Waals surface area (Å²) >= 11 is 0. The quantitative estimate of drug-likeness (QED) is 0.588. The molecular weight excluding hydrogens is 300 g/mol. The van der Waals surface area contributed by atoms with Crippen molar-refractivity contribution >= 4 is 17.4 Å². The van der Waals surface area contributed by atoms with Crippen molar-refractivity contribution in [3.63, 3.8) is 0 Å². The molecule has 3 aliphatic heterocycles. The van der Waals surface area contributed by atoms with Crippen LogP contribution >= 0.6 is 0 Å². The van der Waals surface area contributed by atoms with E-state index in [2.05, 4.69) is 28.4 Å². The van der Waals surface area contributed by atoms with Crippen molar-refractivity contribution in [2.75, 3.05) is 18.4 Å². The Morgan fingerprint density at radius 1 is 1.25 bits per heavy atom. The van der Waals surface area contributed by atoms with Gasteiger partial charge in [-0.2, -0.15) is 0 Å². The van der Waals surface area contributed by atoms with Gasteiger partial charge in [-0.15, -0.1) is 0 Å². The third kappa shape index (κ3) is 1.01. The van der Waals surface area contributed by atoms with Gasteiger partial charge >= 0.3 is 0 Å². The molecule has 6 rings (SSSR count). The summed E-state index contributed by atoms with van der Waals surface area (Å²) in [6.45, 7) is 3.95. The van der Waals surface area contributed by atoms with Crippen molar-refractivity contribution in [1.29, 1.82) is 0 Å². The fourth-order valence-electron chi connectivity index (χ4n) is 7.18. The molecule has 3 spiro atoms. The predicted octanol–water partition coefficient (Wildman–Crippen LogP) is 2.12. The van der Waals surface area contributed by atoms with Gasteiger partial charge in [0.25, 0.3) is 0 Å². The lowest BCUT2D eigenvalue weighted by Gasteiger charge is -2.54. The maximum Gasteiger partial charge on any atom is 0.239 e. The molecule has 4 nitrogen and oxygen atoms in total. The van der Waals surface area contributed by atoms with Crippen LogP contribution in [-0.4, -0.2) is 35.7 Å². The Morgan fingerprint density at radius 2 is 2.08 bits per heavy atom. The number of nitrogens with one attached hydrogen (secondary N) is 1. The van der Waals surface area contributed by atoms with Crippen molar-refractivity contribution in [2.45, 2.75) is 31.2 Å². The number of benzene rings is 1. The molecule has 2 bridgehead atoms. The molecule has 3 heterocycles. The fraction of sp³-hybridized carbons (Fsp3) is 0.500. The summed E-state index contributed by atoms with van der Waals surface area (Å²) in [7, 11) is 0. The molecule has 24 heavy (non-hydrogen) atoms. The first-order valence-electron chi connectivity index (χ1n) is 8.95. The van der Waals surface area contributed by atoms with Gasteiger partial charge in [0, 0.05) is 35.0 Å². The highest BCUT2D eigenvalue weighted by molar-refractivity contribution is 6.18. The molecule has 122 valence electrons. The number of anilines is 1. The van der Waals surface area contributed by atoms with Crippen LogP contribution in [0, 0.1) is 16.7 Å². The maximum atomic E-state index is 13.5. The third-order valence-corrected chi connectivity index (χ3v) is 7.90. The van der Waals surface area contributed by atoms with E-state index in [1.165, 1.54) is 5.56 Å². The highest BCUT2D eigenvalue weighted by Gasteiger charge is 2.85. The Labute approximate surface area is 140 Å². The number of carbonyl (C=O) groups is 2. The summed E-state index contributed by atoms with van der Waals surface area (Å²) < 4.78 is 0. The van der Waals surface area contributed by atoms with Crippen LogP contribution in [0.25, 0.3) is 0 Å². The van der Waals surface area contributed by atoms with Crippen molar-refractivity contribution in [2.24, 2.45) is 16.7 Å². The topological polar surface area (TPSA) is 49.4 Å². The highest BCUT2D eigenvalue weighted by atomic mass is 16.2. The number of amides is 1. The van der Waals surface area contributed by atoms with E-state index in [-0.39, 0.29) is 34.5 Å². The molecule has 5 atom stereocenters. The van der Waals surface area contributed by atoms with Crippen LogP contribution in [0.1, 0.15) is 25.3 Å². The van der Waals surface area contributed by atoms with Crippen LogP contribution in [0.5, 0.6) is 0 Å². The van der Waals surface area contributed by atoms with Gasteiger partial charge in [0.2, 0.25) is 5.91 Å². The molecule has 0 unspecified atom stereocenters. The molecule has 1 amide bonds. The Bertz CT molecular complexity index is 861. The maximum absolute atomic E-state index is 13.5. The first-order chi connectivity index (χ1) is 11.6. The normalized spacial score (nSPS) is 47.4. The molecule has 2 saturated carbocycles. The molecule has 1 aromatic rings. The fourth-order valence-corrected chi connectivity index (χ4v) is 7.18. The minimum absolute atomic E-state index is 0.0559. The molecule has 0 radical (unpaired) electrons. The van der Waals surface area contributed by atoms with Gasteiger partial charge in [-0.3, -0.25) is 14.5 Å². The number of carbonyl (C=O) groups excluding carboxylic acids is 2. The summed E-state index contributed by atoms with van der Waals surface area (Å²) in [6, 6.07) is 8.42. The molecule has 1 saturated heterocycles. The lowest BCUT2D eigenvalue weighted by atomic mass is 9.51. The summed E-state index contributed by atoms with van der Waals surface area (Å²) in [5, 5.41) is 3.08. The van der Waals surface area contributed by atoms with Crippen LogP contribution in [0.15, 0.2) is 36.4 Å². The van der Waals surface area contributed by atoms with Crippen LogP contribution in [0.4, 0.5) is 5.69 Å². The van der Waals surface area contributed by atoms with Gasteiger partial charge in [0.05, 0.1) is 0 Å². The third-order valence-electron chi connectivity index (χ3n) is 7.90. The van der Waals surface area contributed by atoms with Gasteiger partial charge in [-0.05, 0) is 31.0 Å². The first-order valence-corrected chi connectivity index (χ1v) is 8.95. The van der Waals surface area contributed by atoms with Gasteiger partial charge in [-0.25, -0.2) is 0 Å². The van der Waals surface area contributed by atoms with E-state index in [1.807, 2.05) is 25.1 Å². The average Bonchev–Trinajstić information content (AvgIpc) is 3.18. The second kappa shape index (κ2) is 3.67. The van der Waals surface area contributed by atoms with Crippen molar-refractivity contribution < 1.29 is 9.59 Å². The molecule has 0 aromatic heterocycles. The van der Waals surface area contributed by atoms with Crippen LogP contribution in [0.3, 0.4) is 0 Å². The zero-order valence-electron chi connectivity index (χ0n) is 13.7. The minimum Gasteiger partial charge on any atom is -0.325 e. The summed E-state index contributed by atoms with van der Waals surface area (Å²) in [5.41, 5.74) is 0.692. The van der Waals surface area contributed by atoms with E-state index in [0.29, 0.717) is 6.42 Å². The summed E-state index contributed by atoms with van der Waals surface area (Å²) in [6.07, 6.45) is 6.09. The van der Waals surface area contributed by atoms with E-state index in [1.54, 1.807) is 0 Å². The number of fused-ring (bicyclic) bond motifs is 1. The second-order valence-electron chi connectivity index (χ2n) is 8.30. The lowest BCUT2D eigenvalue weighted by molar-refractivity contribution is -0.146. The van der Waals surface area contributed by atoms with Crippen LogP contribution in [0.2, 0.25) is 0 Å². The Balaban J connectivity index is 1.76. The SMILES string of the molecule is C[C@H]1C(=O)[C@]23C[C@@]14C=CCN1CC[C@@]2(c2ccccc2NC3=O)[C@@H]14. The van der Waals surface area contributed by atoms with Crippen molar-refractivity contribution in [3.05, 3.63) is 42.0 Å². The second-order valence-corrected chi connectivity index (χ2v) is 8.30. The van der Waals surface area contributed by atoms with Crippen molar-refractivity contribution in [3.8, 4) is 0 Å². The number of nitrogens with zero attached hydrogens (tertiary/aromatic N) is 1. The van der Waals surface area contributed by atoms with Crippen molar-refractivity contribution in [1.82, 2.24) is 4.90 Å². The molecule has 4 heteroatoms. The average molecular weight is 320 g/mol. The van der Waals surface area contributed by atoms with Gasteiger partial charge in [0.15, 0.2) is 5.78 Å². The molecular formula is C20H20N2O2. The number of para-hydroxylation sites is 1. The predicted molar refractivity (Wildman–Crippen MR) is 89.5 cm³/mol. The van der Waals surface area contributed by atoms with E-state index in [4.69, 9.17) is 0 Å². The van der Waals surface area contributed by atoms with Crippen LogP contribution in [-0.2, 0) is 15.0 Å². The zero-order valence-corrected chi connectivity index (χ0v) is 13.7. The molecule has 1 aromatic carbocycles. The lowest BCUT2D eigenvalue weighted by Crippen LogP contribution is -2.65. The zero-order chi connectivity index (χ0) is 16.3. The van der Waals surface area contributed by atoms with Crippen LogP contribution < -0.4 is 5.32 Å². The number of hydrogen-bond acceptors (Lipinski definition) is 3. The van der Waals surface area contributed by atoms with E-state index < -0.39 is 5.41 Å².